The van der Waals surface area contributed by atoms with Crippen LogP contribution in [0.25, 0.3) is 21.8 Å². The summed E-state index contributed by atoms with van der Waals surface area (Å²) in [6, 6.07) is 23.6. The van der Waals surface area contributed by atoms with Gasteiger partial charge in [0, 0.05) is 40.3 Å². The van der Waals surface area contributed by atoms with Crippen molar-refractivity contribution >= 4 is 81.1 Å². The molecular weight excluding hydrogens is 917 g/mol. The van der Waals surface area contributed by atoms with Crippen LogP contribution >= 0.6 is 0 Å². The zero-order chi connectivity index (χ0) is 52.4. The Kier molecular flexibility index (Phi) is 20.0. The smallest absolute Gasteiger partial charge is 0.335 e. The Hall–Kier alpha value is -8.98. The molecule has 71 heavy (non-hydrogen) atoms. The average Bonchev–Trinajstić information content (AvgIpc) is 3.36. The normalized spacial score (nSPS) is 11.3. The van der Waals surface area contributed by atoms with E-state index in [9.17, 15) is 28.8 Å². The molecule has 6 aromatic rings. The van der Waals surface area contributed by atoms with Crippen molar-refractivity contribution in [1.82, 2.24) is 25.3 Å². The number of anilines is 4. The number of rotatable bonds is 17. The van der Waals surface area contributed by atoms with Crippen LogP contribution in [0.5, 0.6) is 0 Å². The number of carboxylic acids is 1. The lowest BCUT2D eigenvalue weighted by atomic mass is 10.0. The van der Waals surface area contributed by atoms with Gasteiger partial charge < -0.3 is 58.0 Å². The molecule has 21 heteroatoms. The fourth-order valence-corrected chi connectivity index (χ4v) is 6.74. The third kappa shape index (κ3) is 16.1. The first-order chi connectivity index (χ1) is 33.8. The fourth-order valence-electron chi connectivity index (χ4n) is 6.74. The molecule has 0 aliphatic carbocycles. The van der Waals surface area contributed by atoms with Crippen molar-refractivity contribution in [3.05, 3.63) is 143 Å². The Bertz CT molecular complexity index is 2930. The van der Waals surface area contributed by atoms with Gasteiger partial charge in [-0.05, 0) is 96.5 Å². The number of carbonyl (C=O) groups excluding carboxylic acids is 5. The maximum absolute atomic E-state index is 12.7. The molecule has 6 rings (SSSR count). The van der Waals surface area contributed by atoms with Gasteiger partial charge in [-0.15, -0.1) is 0 Å². The summed E-state index contributed by atoms with van der Waals surface area (Å²) >= 11 is 0. The number of amides is 1. The number of hydrogen-bond donors (Lipinski definition) is 7. The highest BCUT2D eigenvalue weighted by Crippen LogP contribution is 2.23. The highest BCUT2D eigenvalue weighted by molar-refractivity contribution is 5.98. The number of carbonyl (C=O) groups is 6. The second-order valence-corrected chi connectivity index (χ2v) is 15.6. The molecule has 4 aromatic carbocycles. The second-order valence-electron chi connectivity index (χ2n) is 15.6. The Morgan fingerprint density at radius 1 is 0.549 bits per heavy atom. The molecule has 2 heterocycles. The van der Waals surface area contributed by atoms with Gasteiger partial charge in [0.15, 0.2) is 0 Å². The molecule has 2 aromatic heterocycles. The van der Waals surface area contributed by atoms with Crippen molar-refractivity contribution in [2.24, 2.45) is 5.73 Å². The number of nitrogens with zero attached hydrogens (tertiary/aromatic N) is 4. The third-order valence-electron chi connectivity index (χ3n) is 10.6. The molecule has 0 fully saturated rings. The van der Waals surface area contributed by atoms with Crippen LogP contribution in [0, 0.1) is 0 Å². The number of carboxylic acid groups (broad SMARTS) is 1. The molecular formula is C50H56N10O11. The monoisotopic (exact) mass is 972 g/mol. The average molecular weight is 973 g/mol. The fraction of sp³-hybridized carbons (Fsp3) is 0.240. The summed E-state index contributed by atoms with van der Waals surface area (Å²) in [7, 11) is 4.87. The lowest BCUT2D eigenvalue weighted by molar-refractivity contribution is -0.143. The zero-order valence-corrected chi connectivity index (χ0v) is 39.6. The van der Waals surface area contributed by atoms with E-state index in [0.717, 1.165) is 64.2 Å². The summed E-state index contributed by atoms with van der Waals surface area (Å²) in [5.41, 5.74) is 35.0. The number of aromatic carboxylic acids is 1. The number of nitrogens with one attached hydrogen (secondary N) is 1. The van der Waals surface area contributed by atoms with Crippen LogP contribution in [0.2, 0.25) is 0 Å². The molecule has 2 atom stereocenters. The highest BCUT2D eigenvalue weighted by Gasteiger charge is 2.25. The molecule has 12 N–H and O–H groups in total. The first-order valence-corrected chi connectivity index (χ1v) is 21.6. The summed E-state index contributed by atoms with van der Waals surface area (Å²) < 4.78 is 18.1. The van der Waals surface area contributed by atoms with Gasteiger partial charge in [0.1, 0.15) is 23.7 Å². The Balaban J connectivity index is 0.000000260. The van der Waals surface area contributed by atoms with Crippen molar-refractivity contribution in [3.8, 4) is 0 Å². The van der Waals surface area contributed by atoms with Gasteiger partial charge in [0.2, 0.25) is 11.9 Å². The van der Waals surface area contributed by atoms with E-state index < -0.39 is 47.8 Å². The molecule has 0 saturated carbocycles. The molecule has 0 spiro atoms. The quantitative estimate of drug-likeness (QED) is 0.0387. The number of benzene rings is 4. The lowest BCUT2D eigenvalue weighted by Gasteiger charge is -2.17. The van der Waals surface area contributed by atoms with Crippen LogP contribution in [0.15, 0.2) is 109 Å². The highest BCUT2D eigenvalue weighted by atomic mass is 16.5. The van der Waals surface area contributed by atoms with Crippen molar-refractivity contribution in [2.75, 3.05) is 51.4 Å². The van der Waals surface area contributed by atoms with Crippen LogP contribution in [0.3, 0.4) is 0 Å². The Morgan fingerprint density at radius 2 is 0.944 bits per heavy atom. The van der Waals surface area contributed by atoms with E-state index in [2.05, 4.69) is 52.6 Å². The third-order valence-corrected chi connectivity index (χ3v) is 10.6. The van der Waals surface area contributed by atoms with E-state index in [1.807, 2.05) is 60.7 Å². The predicted molar refractivity (Wildman–Crippen MR) is 266 cm³/mol. The maximum Gasteiger partial charge on any atom is 0.335 e. The topological polar surface area (TPSA) is 353 Å². The van der Waals surface area contributed by atoms with Crippen molar-refractivity contribution in [2.45, 2.75) is 50.6 Å². The van der Waals surface area contributed by atoms with Crippen LogP contribution in [-0.4, -0.2) is 101 Å². The minimum absolute atomic E-state index is 0.0410. The van der Waals surface area contributed by atoms with E-state index in [0.29, 0.717) is 28.3 Å². The minimum atomic E-state index is -1.07. The van der Waals surface area contributed by atoms with Gasteiger partial charge in [-0.2, -0.15) is 9.97 Å². The molecule has 0 aliphatic heterocycles. The summed E-state index contributed by atoms with van der Waals surface area (Å²) in [6.45, 7) is 7.01. The van der Waals surface area contributed by atoms with Crippen molar-refractivity contribution in [3.63, 3.8) is 0 Å². The van der Waals surface area contributed by atoms with Gasteiger partial charge in [-0.1, -0.05) is 49.6 Å². The first kappa shape index (κ1) is 54.6. The van der Waals surface area contributed by atoms with E-state index in [1.165, 1.54) is 28.4 Å². The number of esters is 4. The van der Waals surface area contributed by atoms with Crippen LogP contribution in [0.4, 0.5) is 23.5 Å². The van der Waals surface area contributed by atoms with Gasteiger partial charge in [0.25, 0.3) is 5.91 Å². The Morgan fingerprint density at radius 3 is 1.35 bits per heavy atom. The number of aryl methyl sites for hydroxylation is 4. The van der Waals surface area contributed by atoms with E-state index in [4.69, 9.17) is 38.5 Å². The number of hydrogen-bond acceptors (Lipinski definition) is 19. The van der Waals surface area contributed by atoms with E-state index in [-0.39, 0.29) is 35.9 Å². The number of ether oxygens (including phenoxy) is 4. The molecule has 0 unspecified atom stereocenters. The summed E-state index contributed by atoms with van der Waals surface area (Å²) in [4.78, 5) is 85.1. The molecule has 21 nitrogen and oxygen atoms in total. The second kappa shape index (κ2) is 26.0. The number of aromatic nitrogens is 4. The lowest BCUT2D eigenvalue weighted by Crippen LogP contribution is -2.42. The van der Waals surface area contributed by atoms with Gasteiger partial charge in [-0.3, -0.25) is 9.59 Å². The number of nitrogens with two attached hydrogens (primary N) is 5. The zero-order valence-electron chi connectivity index (χ0n) is 39.6. The molecule has 0 saturated heterocycles. The van der Waals surface area contributed by atoms with E-state index in [1.54, 1.807) is 24.3 Å². The maximum atomic E-state index is 12.7. The first-order valence-electron chi connectivity index (χ1n) is 21.6. The minimum Gasteiger partial charge on any atom is -0.478 e. The molecule has 0 bridgehead atoms. The van der Waals surface area contributed by atoms with Crippen LogP contribution < -0.4 is 34.0 Å². The summed E-state index contributed by atoms with van der Waals surface area (Å²) in [6.07, 6.45) is 3.00. The van der Waals surface area contributed by atoms with Crippen LogP contribution in [-0.2, 0) is 63.8 Å². The van der Waals surface area contributed by atoms with Crippen LogP contribution in [0.1, 0.15) is 55.8 Å². The predicted octanol–water partition coefficient (Wildman–Crippen LogP) is 3.85. The number of fused-ring (bicyclic) bond motifs is 2. The summed E-state index contributed by atoms with van der Waals surface area (Å²) in [5.74, 6) is -2.88. The molecule has 372 valence electrons. The van der Waals surface area contributed by atoms with Gasteiger partial charge >= 0.3 is 29.8 Å². The number of nitrogen functional groups attached to an aromatic ring is 4. The van der Waals surface area contributed by atoms with E-state index >= 15 is 0 Å². The van der Waals surface area contributed by atoms with Crippen molar-refractivity contribution < 1.29 is 52.8 Å². The molecule has 0 aliphatic rings. The Labute approximate surface area is 408 Å². The number of methoxy groups -OCH3 is 4. The SMILES string of the molecule is C=C(C[C@H](N)C(=O)OC)C(=O)OC.C=C(C[C@H](NC(=O)c1ccc(CCc2ccc3nc(N)nc(N)c3c2)cc1)C(=O)OC)C(=O)OC.Nc1nc(N)c2cc(CCc3ccc(C(=O)O)cc3)ccc2n1. The summed E-state index contributed by atoms with van der Waals surface area (Å²) in [5, 5.41) is 13.0. The largest absolute Gasteiger partial charge is 0.478 e. The standard InChI is InChI=1S/C25H27N5O5.C17H16N4O2.C8H13NO4/c1-14(23(32)34-2)12-20(24(33)35-3)28-22(31)17-9-6-15(7-10-17)4-5-16-8-11-19-18(13-16)21(26)30-25(27)29-19;18-15-13-9-11(5-8-14(13)20-17(19)21-15)2-1-10-3-6-12(7-4-10)16(22)23;1-5(7(10)12-2)4-6(9)8(11)13-3/h6-11,13,20H,1,4-5,12H2,2-3H3,(H,28,31)(H4,26,27,29,30);3-9H,1-2H2,(H,22,23)(H4,18,19,20,21);6H,1,4,9H2,2-3H3/t20-;;6-/m0.0/s1. The van der Waals surface area contributed by atoms with Crippen molar-refractivity contribution in [1.29, 1.82) is 0 Å². The molecule has 0 radical (unpaired) electrons. The van der Waals surface area contributed by atoms with Gasteiger partial charge in [0.05, 0.1) is 45.0 Å². The molecule has 1 amide bonds. The van der Waals surface area contributed by atoms with Gasteiger partial charge in [-0.25, -0.2) is 29.1 Å².